The Hall–Kier alpha value is -2.61. The first-order valence-corrected chi connectivity index (χ1v) is 11.4. The fraction of sp³-hybridized carbons (Fsp3) is 0.417. The van der Waals surface area contributed by atoms with E-state index in [4.69, 9.17) is 26.1 Å². The Morgan fingerprint density at radius 2 is 2.03 bits per heavy atom. The quantitative estimate of drug-likeness (QED) is 0.548. The van der Waals surface area contributed by atoms with Crippen molar-refractivity contribution in [2.75, 3.05) is 38.2 Å². The molecule has 1 aliphatic heterocycles. The summed E-state index contributed by atoms with van der Waals surface area (Å²) in [6.45, 7) is 9.07. The third-order valence-electron chi connectivity index (χ3n) is 5.53. The number of aryl methyl sites for hydroxylation is 2. The average molecular weight is 457 g/mol. The maximum atomic E-state index is 12.4. The maximum Gasteiger partial charge on any atom is 0.262 e. The lowest BCUT2D eigenvalue weighted by Crippen LogP contribution is -2.36. The summed E-state index contributed by atoms with van der Waals surface area (Å²) in [5, 5.41) is 3.58. The summed E-state index contributed by atoms with van der Waals surface area (Å²) >= 11 is 6.03. The minimum Gasteiger partial charge on any atom is -0.484 e. The fourth-order valence-electron chi connectivity index (χ4n) is 3.86. The second-order valence-corrected chi connectivity index (χ2v) is 8.43. The summed E-state index contributed by atoms with van der Waals surface area (Å²) in [6.07, 6.45) is 1.03. The van der Waals surface area contributed by atoms with Crippen molar-refractivity contribution in [1.82, 2.24) is 14.5 Å². The van der Waals surface area contributed by atoms with Crippen LogP contribution in [0.15, 0.2) is 36.4 Å². The van der Waals surface area contributed by atoms with Crippen LogP contribution >= 0.6 is 11.6 Å². The molecule has 1 N–H and O–H groups in total. The number of benzene rings is 2. The second kappa shape index (κ2) is 10.3. The highest BCUT2D eigenvalue weighted by atomic mass is 35.5. The molecule has 1 aromatic heterocycles. The van der Waals surface area contributed by atoms with E-state index in [2.05, 4.69) is 21.7 Å². The van der Waals surface area contributed by atoms with E-state index in [1.54, 1.807) is 12.1 Å². The van der Waals surface area contributed by atoms with Crippen molar-refractivity contribution in [2.45, 2.75) is 33.4 Å². The zero-order chi connectivity index (χ0) is 22.5. The Morgan fingerprint density at radius 1 is 1.22 bits per heavy atom. The van der Waals surface area contributed by atoms with Crippen LogP contribution in [0.25, 0.3) is 11.0 Å². The number of amides is 1. The van der Waals surface area contributed by atoms with Gasteiger partial charge >= 0.3 is 0 Å². The van der Waals surface area contributed by atoms with E-state index in [0.29, 0.717) is 16.5 Å². The van der Waals surface area contributed by atoms with Crippen LogP contribution < -0.4 is 10.1 Å². The summed E-state index contributed by atoms with van der Waals surface area (Å²) in [7, 11) is 0. The van der Waals surface area contributed by atoms with Crippen LogP contribution in [0.1, 0.15) is 24.7 Å². The highest BCUT2D eigenvalue weighted by Crippen LogP contribution is 2.23. The Balaban J connectivity index is 1.44. The SMILES string of the molecule is CCCn1c(CN2CCOCC2)nc2cc(NC(=O)COc3ccc(Cl)c(C)c3)ccc21. The predicted octanol–water partition coefficient (Wildman–Crippen LogP) is 4.26. The molecule has 0 bridgehead atoms. The Bertz CT molecular complexity index is 1090. The van der Waals surface area contributed by atoms with Crippen molar-refractivity contribution in [3.05, 3.63) is 52.8 Å². The van der Waals surface area contributed by atoms with Crippen molar-refractivity contribution < 1.29 is 14.3 Å². The average Bonchev–Trinajstić information content (AvgIpc) is 3.12. The normalized spacial score (nSPS) is 14.6. The molecule has 7 nitrogen and oxygen atoms in total. The number of carbonyl (C=O) groups excluding carboxylic acids is 1. The van der Waals surface area contributed by atoms with Gasteiger partial charge < -0.3 is 19.4 Å². The zero-order valence-corrected chi connectivity index (χ0v) is 19.3. The van der Waals surface area contributed by atoms with Gasteiger partial charge in [-0.15, -0.1) is 0 Å². The monoisotopic (exact) mass is 456 g/mol. The standard InChI is InChI=1S/C24H29ClN4O3/c1-3-8-29-22-7-4-18(14-21(22)27-23(29)15-28-9-11-31-12-10-28)26-24(30)16-32-19-5-6-20(25)17(2)13-19/h4-7,13-14H,3,8-12,15-16H2,1-2H3,(H,26,30). The predicted molar refractivity (Wildman–Crippen MR) is 126 cm³/mol. The van der Waals surface area contributed by atoms with Crippen LogP contribution in [0.2, 0.25) is 5.02 Å². The molecule has 1 saturated heterocycles. The van der Waals surface area contributed by atoms with Crippen molar-refractivity contribution in [3.8, 4) is 5.75 Å². The number of carbonyl (C=O) groups is 1. The Labute approximate surface area is 193 Å². The maximum absolute atomic E-state index is 12.4. The summed E-state index contributed by atoms with van der Waals surface area (Å²) in [6, 6.07) is 11.2. The Kier molecular flexibility index (Phi) is 7.29. The molecule has 4 rings (SSSR count). The van der Waals surface area contributed by atoms with Gasteiger partial charge in [0.15, 0.2) is 6.61 Å². The van der Waals surface area contributed by atoms with E-state index >= 15 is 0 Å². The molecule has 32 heavy (non-hydrogen) atoms. The van der Waals surface area contributed by atoms with Gasteiger partial charge in [0, 0.05) is 30.3 Å². The van der Waals surface area contributed by atoms with Crippen LogP contribution in [0.4, 0.5) is 5.69 Å². The van der Waals surface area contributed by atoms with Gasteiger partial charge in [0.2, 0.25) is 0 Å². The van der Waals surface area contributed by atoms with Crippen molar-refractivity contribution >= 4 is 34.2 Å². The van der Waals surface area contributed by atoms with E-state index in [-0.39, 0.29) is 12.5 Å². The summed E-state index contributed by atoms with van der Waals surface area (Å²) < 4.78 is 13.3. The number of hydrogen-bond acceptors (Lipinski definition) is 5. The minimum absolute atomic E-state index is 0.0777. The molecule has 8 heteroatoms. The molecular weight excluding hydrogens is 428 g/mol. The number of nitrogens with one attached hydrogen (secondary N) is 1. The van der Waals surface area contributed by atoms with E-state index in [0.717, 1.165) is 68.2 Å². The Morgan fingerprint density at radius 3 is 2.78 bits per heavy atom. The molecule has 1 amide bonds. The van der Waals surface area contributed by atoms with Crippen LogP contribution in [0.5, 0.6) is 5.75 Å². The number of rotatable bonds is 8. The van der Waals surface area contributed by atoms with Gasteiger partial charge in [0.05, 0.1) is 30.8 Å². The van der Waals surface area contributed by atoms with Crippen LogP contribution in [0, 0.1) is 6.92 Å². The molecule has 2 aromatic carbocycles. The van der Waals surface area contributed by atoms with Crippen molar-refractivity contribution in [3.63, 3.8) is 0 Å². The number of hydrogen-bond donors (Lipinski definition) is 1. The van der Waals surface area contributed by atoms with E-state index in [1.807, 2.05) is 31.2 Å². The molecule has 1 aliphatic rings. The van der Waals surface area contributed by atoms with E-state index in [1.165, 1.54) is 0 Å². The summed E-state index contributed by atoms with van der Waals surface area (Å²) in [4.78, 5) is 19.7. The smallest absolute Gasteiger partial charge is 0.262 e. The number of ether oxygens (including phenoxy) is 2. The second-order valence-electron chi connectivity index (χ2n) is 8.02. The van der Waals surface area contributed by atoms with Crippen LogP contribution in [-0.2, 0) is 22.6 Å². The number of fused-ring (bicyclic) bond motifs is 1. The molecule has 0 unspecified atom stereocenters. The minimum atomic E-state index is -0.224. The molecule has 170 valence electrons. The van der Waals surface area contributed by atoms with Crippen LogP contribution in [-0.4, -0.2) is 53.3 Å². The molecule has 1 fully saturated rings. The molecule has 0 spiro atoms. The van der Waals surface area contributed by atoms with Gasteiger partial charge in [-0.05, 0) is 55.3 Å². The fourth-order valence-corrected chi connectivity index (χ4v) is 3.98. The lowest BCUT2D eigenvalue weighted by molar-refractivity contribution is -0.118. The summed E-state index contributed by atoms with van der Waals surface area (Å²) in [5.41, 5.74) is 3.58. The van der Waals surface area contributed by atoms with Crippen molar-refractivity contribution in [1.29, 1.82) is 0 Å². The largest absolute Gasteiger partial charge is 0.484 e. The number of aromatic nitrogens is 2. The van der Waals surface area contributed by atoms with Gasteiger partial charge in [-0.2, -0.15) is 0 Å². The lowest BCUT2D eigenvalue weighted by Gasteiger charge is -2.26. The first-order valence-electron chi connectivity index (χ1n) is 11.0. The third-order valence-corrected chi connectivity index (χ3v) is 5.95. The van der Waals surface area contributed by atoms with Gasteiger partial charge in [-0.25, -0.2) is 4.98 Å². The third kappa shape index (κ3) is 5.41. The molecule has 0 aliphatic carbocycles. The van der Waals surface area contributed by atoms with Gasteiger partial charge in [-0.3, -0.25) is 9.69 Å². The number of morpholine rings is 1. The zero-order valence-electron chi connectivity index (χ0n) is 18.6. The molecule has 3 aromatic rings. The van der Waals surface area contributed by atoms with Gasteiger partial charge in [0.25, 0.3) is 5.91 Å². The molecule has 0 atom stereocenters. The molecule has 2 heterocycles. The summed E-state index contributed by atoms with van der Waals surface area (Å²) in [5.74, 6) is 1.44. The number of anilines is 1. The highest BCUT2D eigenvalue weighted by molar-refractivity contribution is 6.31. The number of imidazole rings is 1. The topological polar surface area (TPSA) is 68.6 Å². The van der Waals surface area contributed by atoms with Crippen LogP contribution in [0.3, 0.4) is 0 Å². The highest BCUT2D eigenvalue weighted by Gasteiger charge is 2.17. The lowest BCUT2D eigenvalue weighted by atomic mass is 10.2. The number of halogens is 1. The number of nitrogens with zero attached hydrogens (tertiary/aromatic N) is 3. The first kappa shape index (κ1) is 22.6. The van der Waals surface area contributed by atoms with E-state index < -0.39 is 0 Å². The van der Waals surface area contributed by atoms with Gasteiger partial charge in [-0.1, -0.05) is 18.5 Å². The van der Waals surface area contributed by atoms with Crippen molar-refractivity contribution in [2.24, 2.45) is 0 Å². The van der Waals surface area contributed by atoms with E-state index in [9.17, 15) is 4.79 Å². The molecule has 0 saturated carbocycles. The van der Waals surface area contributed by atoms with Gasteiger partial charge in [0.1, 0.15) is 11.6 Å². The first-order chi connectivity index (χ1) is 15.5. The molecular formula is C24H29ClN4O3. The molecule has 0 radical (unpaired) electrons.